The number of fused-ring (bicyclic) bond motifs is 1. The predicted molar refractivity (Wildman–Crippen MR) is 69.3 cm³/mol. The van der Waals surface area contributed by atoms with Gasteiger partial charge in [-0.1, -0.05) is 0 Å². The van der Waals surface area contributed by atoms with Crippen LogP contribution in [0.3, 0.4) is 0 Å². The molecule has 98 valence electrons. The highest BCUT2D eigenvalue weighted by Crippen LogP contribution is 2.19. The van der Waals surface area contributed by atoms with Crippen molar-refractivity contribution >= 4 is 23.3 Å². The van der Waals surface area contributed by atoms with Crippen LogP contribution in [0.15, 0.2) is 30.9 Å². The summed E-state index contributed by atoms with van der Waals surface area (Å²) in [5.74, 6) is -1.25. The Labute approximate surface area is 112 Å². The molecule has 3 aromatic rings. The van der Waals surface area contributed by atoms with Crippen molar-refractivity contribution in [1.29, 1.82) is 0 Å². The molecule has 1 aromatic carbocycles. The van der Waals surface area contributed by atoms with Gasteiger partial charge in [0.05, 0.1) is 11.8 Å². The monoisotopic (exact) mass is 280 g/mol. The summed E-state index contributed by atoms with van der Waals surface area (Å²) in [5.41, 5.74) is 0.666. The maximum Gasteiger partial charge on any atom is 0.178 e. The molecule has 2 heterocycles. The van der Waals surface area contributed by atoms with Gasteiger partial charge in [-0.2, -0.15) is 0 Å². The van der Waals surface area contributed by atoms with E-state index >= 15 is 0 Å². The molecule has 0 atom stereocenters. The number of rotatable bonds is 3. The second kappa shape index (κ2) is 4.58. The molecule has 0 radical (unpaired) electrons. The van der Waals surface area contributed by atoms with Crippen LogP contribution >= 0.6 is 12.2 Å². The SMILES string of the molecule is Fc1cc(F)c2[nH]c(=S)n(CCn3ccnc3)c2c1. The van der Waals surface area contributed by atoms with Crippen LogP contribution in [-0.4, -0.2) is 19.1 Å². The van der Waals surface area contributed by atoms with Gasteiger partial charge >= 0.3 is 0 Å². The van der Waals surface area contributed by atoms with Crippen molar-refractivity contribution in [2.45, 2.75) is 13.1 Å². The third kappa shape index (κ3) is 2.17. The summed E-state index contributed by atoms with van der Waals surface area (Å²) in [6.45, 7) is 1.14. The van der Waals surface area contributed by atoms with E-state index in [1.165, 1.54) is 6.07 Å². The molecule has 0 bridgehead atoms. The Morgan fingerprint density at radius 2 is 2.11 bits per heavy atom. The maximum absolute atomic E-state index is 13.6. The summed E-state index contributed by atoms with van der Waals surface area (Å²) in [6.07, 6.45) is 5.17. The Morgan fingerprint density at radius 1 is 1.26 bits per heavy atom. The highest BCUT2D eigenvalue weighted by atomic mass is 32.1. The van der Waals surface area contributed by atoms with E-state index in [1.54, 1.807) is 17.1 Å². The molecule has 0 fully saturated rings. The average Bonchev–Trinajstić information content (AvgIpc) is 2.95. The lowest BCUT2D eigenvalue weighted by Crippen LogP contribution is -2.06. The van der Waals surface area contributed by atoms with Crippen molar-refractivity contribution in [2.24, 2.45) is 0 Å². The lowest BCUT2D eigenvalue weighted by Gasteiger charge is -2.05. The molecule has 0 aliphatic carbocycles. The van der Waals surface area contributed by atoms with Crippen LogP contribution in [0.4, 0.5) is 8.78 Å². The first kappa shape index (κ1) is 12.0. The Kier molecular flexibility index (Phi) is 2.90. The fourth-order valence-electron chi connectivity index (χ4n) is 2.04. The van der Waals surface area contributed by atoms with Crippen molar-refractivity contribution < 1.29 is 8.78 Å². The zero-order valence-corrected chi connectivity index (χ0v) is 10.6. The fourth-order valence-corrected chi connectivity index (χ4v) is 2.33. The first-order valence-corrected chi connectivity index (χ1v) is 6.09. The minimum Gasteiger partial charge on any atom is -0.336 e. The lowest BCUT2D eigenvalue weighted by molar-refractivity contribution is 0.577. The Morgan fingerprint density at radius 3 is 2.84 bits per heavy atom. The number of halogens is 2. The van der Waals surface area contributed by atoms with Crippen LogP contribution in [0, 0.1) is 16.4 Å². The van der Waals surface area contributed by atoms with Crippen LogP contribution in [0.1, 0.15) is 0 Å². The van der Waals surface area contributed by atoms with Gasteiger partial charge in [-0.15, -0.1) is 0 Å². The number of benzene rings is 1. The van der Waals surface area contributed by atoms with Crippen LogP contribution in [0.25, 0.3) is 11.0 Å². The van der Waals surface area contributed by atoms with E-state index in [4.69, 9.17) is 12.2 Å². The minimum absolute atomic E-state index is 0.233. The molecule has 0 amide bonds. The van der Waals surface area contributed by atoms with Gasteiger partial charge in [-0.25, -0.2) is 13.8 Å². The molecule has 19 heavy (non-hydrogen) atoms. The Bertz CT molecular complexity index is 773. The van der Waals surface area contributed by atoms with Crippen molar-refractivity contribution in [1.82, 2.24) is 19.1 Å². The Balaban J connectivity index is 2.03. The van der Waals surface area contributed by atoms with Gasteiger partial charge in [0.2, 0.25) is 0 Å². The average molecular weight is 280 g/mol. The van der Waals surface area contributed by atoms with Gasteiger partial charge in [0.1, 0.15) is 11.3 Å². The van der Waals surface area contributed by atoms with E-state index in [9.17, 15) is 8.78 Å². The molecule has 4 nitrogen and oxygen atoms in total. The molecule has 7 heteroatoms. The van der Waals surface area contributed by atoms with E-state index in [2.05, 4.69) is 9.97 Å². The predicted octanol–water partition coefficient (Wildman–Crippen LogP) is 2.87. The summed E-state index contributed by atoms with van der Waals surface area (Å²) in [7, 11) is 0. The molecular formula is C12H10F2N4S. The number of imidazole rings is 2. The topological polar surface area (TPSA) is 38.5 Å². The largest absolute Gasteiger partial charge is 0.336 e. The smallest absolute Gasteiger partial charge is 0.178 e. The van der Waals surface area contributed by atoms with E-state index in [0.29, 0.717) is 23.4 Å². The van der Waals surface area contributed by atoms with Crippen molar-refractivity contribution in [3.63, 3.8) is 0 Å². The summed E-state index contributed by atoms with van der Waals surface area (Å²) in [6, 6.07) is 2.12. The molecule has 0 aliphatic heterocycles. The second-order valence-corrected chi connectivity index (χ2v) is 4.55. The van der Waals surface area contributed by atoms with Gasteiger partial charge in [-0.05, 0) is 18.3 Å². The van der Waals surface area contributed by atoms with Crippen molar-refractivity contribution in [3.05, 3.63) is 47.3 Å². The summed E-state index contributed by atoms with van der Waals surface area (Å²) in [4.78, 5) is 6.70. The van der Waals surface area contributed by atoms with E-state index < -0.39 is 11.6 Å². The van der Waals surface area contributed by atoms with Gasteiger partial charge in [0.25, 0.3) is 0 Å². The molecule has 0 saturated carbocycles. The molecule has 0 saturated heterocycles. The number of nitrogens with zero attached hydrogens (tertiary/aromatic N) is 3. The summed E-state index contributed by atoms with van der Waals surface area (Å²) < 4.78 is 30.8. The van der Waals surface area contributed by atoms with Gasteiger partial charge in [0.15, 0.2) is 10.6 Å². The first-order chi connectivity index (χ1) is 9.15. The molecular weight excluding hydrogens is 270 g/mol. The number of aromatic amines is 1. The number of aryl methyl sites for hydroxylation is 2. The fraction of sp³-hybridized carbons (Fsp3) is 0.167. The Hall–Kier alpha value is -2.02. The zero-order chi connectivity index (χ0) is 13.4. The highest BCUT2D eigenvalue weighted by Gasteiger charge is 2.10. The molecule has 1 N–H and O–H groups in total. The number of hydrogen-bond acceptors (Lipinski definition) is 2. The molecule has 0 spiro atoms. The summed E-state index contributed by atoms with van der Waals surface area (Å²) >= 11 is 5.14. The van der Waals surface area contributed by atoms with Crippen LogP contribution < -0.4 is 0 Å². The van der Waals surface area contributed by atoms with Crippen LogP contribution in [0.2, 0.25) is 0 Å². The quantitative estimate of drug-likeness (QED) is 0.749. The zero-order valence-electron chi connectivity index (χ0n) is 9.81. The van der Waals surface area contributed by atoms with Gasteiger partial charge < -0.3 is 14.1 Å². The van der Waals surface area contributed by atoms with E-state index in [-0.39, 0.29) is 5.52 Å². The van der Waals surface area contributed by atoms with Crippen molar-refractivity contribution in [3.8, 4) is 0 Å². The number of nitrogens with one attached hydrogen (secondary N) is 1. The minimum atomic E-state index is -0.637. The molecule has 0 aliphatic rings. The van der Waals surface area contributed by atoms with Gasteiger partial charge in [-0.3, -0.25) is 0 Å². The molecule has 0 unspecified atom stereocenters. The van der Waals surface area contributed by atoms with Crippen LogP contribution in [-0.2, 0) is 13.1 Å². The highest BCUT2D eigenvalue weighted by molar-refractivity contribution is 7.71. The third-order valence-corrected chi connectivity index (χ3v) is 3.27. The molecule has 2 aromatic heterocycles. The van der Waals surface area contributed by atoms with Crippen LogP contribution in [0.5, 0.6) is 0 Å². The number of hydrogen-bond donors (Lipinski definition) is 1. The van der Waals surface area contributed by atoms with Crippen molar-refractivity contribution in [2.75, 3.05) is 0 Å². The van der Waals surface area contributed by atoms with E-state index in [1.807, 2.05) is 10.8 Å². The molecule has 3 rings (SSSR count). The second-order valence-electron chi connectivity index (χ2n) is 4.16. The summed E-state index contributed by atoms with van der Waals surface area (Å²) in [5, 5.41) is 0. The maximum atomic E-state index is 13.6. The lowest BCUT2D eigenvalue weighted by atomic mass is 10.3. The van der Waals surface area contributed by atoms with Gasteiger partial charge in [0, 0.05) is 31.5 Å². The third-order valence-electron chi connectivity index (χ3n) is 2.94. The number of H-pyrrole nitrogens is 1. The normalized spacial score (nSPS) is 11.3. The standard InChI is InChI=1S/C12H10F2N4S/c13-8-5-9(14)11-10(6-8)18(12(19)16-11)4-3-17-2-1-15-7-17/h1-2,5-7H,3-4H2,(H,16,19). The van der Waals surface area contributed by atoms with E-state index in [0.717, 1.165) is 6.07 Å². The number of aromatic nitrogens is 4. The first-order valence-electron chi connectivity index (χ1n) is 5.68.